The first-order chi connectivity index (χ1) is 18.2. The van der Waals surface area contributed by atoms with Crippen LogP contribution in [0.2, 0.25) is 0 Å². The van der Waals surface area contributed by atoms with Gasteiger partial charge in [-0.2, -0.15) is 0 Å². The molecule has 0 radical (unpaired) electrons. The summed E-state index contributed by atoms with van der Waals surface area (Å²) in [6.45, 7) is 10.3. The van der Waals surface area contributed by atoms with Gasteiger partial charge in [-0.05, 0) is 146 Å². The predicted octanol–water partition coefficient (Wildman–Crippen LogP) is 9.77. The van der Waals surface area contributed by atoms with Gasteiger partial charge in [0, 0.05) is 5.56 Å². The van der Waals surface area contributed by atoms with Crippen LogP contribution >= 0.6 is 0 Å². The fourth-order valence-corrected chi connectivity index (χ4v) is 7.14. The van der Waals surface area contributed by atoms with Gasteiger partial charge >= 0.3 is 0 Å². The van der Waals surface area contributed by atoms with Gasteiger partial charge in [-0.3, -0.25) is 0 Å². The molecule has 0 aliphatic heterocycles. The van der Waals surface area contributed by atoms with E-state index >= 15 is 0 Å². The molecule has 3 heteroatoms. The van der Waals surface area contributed by atoms with E-state index in [1.54, 1.807) is 6.07 Å². The summed E-state index contributed by atoms with van der Waals surface area (Å²) >= 11 is 0. The van der Waals surface area contributed by atoms with E-state index in [2.05, 4.69) is 32.9 Å². The molecule has 3 aromatic carbocycles. The van der Waals surface area contributed by atoms with Gasteiger partial charge in [0.15, 0.2) is 0 Å². The molecule has 3 nitrogen and oxygen atoms in total. The Morgan fingerprint density at radius 2 is 0.947 bits per heavy atom. The Bertz CT molecular complexity index is 1250. The van der Waals surface area contributed by atoms with Gasteiger partial charge in [-0.15, -0.1) is 0 Å². The van der Waals surface area contributed by atoms with E-state index in [1.165, 1.54) is 38.5 Å². The SMILES string of the molecule is Cc1ccc(O)c(-c2cc(C3CCCCC3)c(O)c(C)c2C)c1-c1cc(C2CCCCC2)c(O)c(C)c1C. The second-order valence-electron chi connectivity index (χ2n) is 12.0. The van der Waals surface area contributed by atoms with Crippen molar-refractivity contribution in [2.24, 2.45) is 0 Å². The third-order valence-electron chi connectivity index (χ3n) is 9.81. The average Bonchev–Trinajstić information content (AvgIpc) is 2.93. The van der Waals surface area contributed by atoms with Gasteiger partial charge in [0.2, 0.25) is 0 Å². The van der Waals surface area contributed by atoms with Crippen LogP contribution in [-0.4, -0.2) is 15.3 Å². The number of phenols is 3. The number of benzene rings is 3. The van der Waals surface area contributed by atoms with Crippen molar-refractivity contribution < 1.29 is 15.3 Å². The smallest absolute Gasteiger partial charge is 0.124 e. The molecule has 2 fully saturated rings. The van der Waals surface area contributed by atoms with Crippen LogP contribution in [0.15, 0.2) is 24.3 Å². The molecule has 0 atom stereocenters. The second-order valence-corrected chi connectivity index (χ2v) is 12.0. The number of aromatic hydroxyl groups is 3. The lowest BCUT2D eigenvalue weighted by Gasteiger charge is -2.28. The zero-order valence-corrected chi connectivity index (χ0v) is 23.9. The maximum absolute atomic E-state index is 11.4. The van der Waals surface area contributed by atoms with Crippen LogP contribution in [0.1, 0.15) is 115 Å². The van der Waals surface area contributed by atoms with E-state index in [9.17, 15) is 15.3 Å². The lowest BCUT2D eigenvalue weighted by atomic mass is 9.77. The van der Waals surface area contributed by atoms with Crippen molar-refractivity contribution in [3.8, 4) is 39.5 Å². The number of hydrogen-bond acceptors (Lipinski definition) is 3. The van der Waals surface area contributed by atoms with Gasteiger partial charge in [-0.1, -0.05) is 44.6 Å². The van der Waals surface area contributed by atoms with Crippen molar-refractivity contribution >= 4 is 0 Å². The number of aryl methyl sites for hydroxylation is 1. The maximum Gasteiger partial charge on any atom is 0.124 e. The van der Waals surface area contributed by atoms with Crippen LogP contribution in [0.4, 0.5) is 0 Å². The molecule has 0 aromatic heterocycles. The summed E-state index contributed by atoms with van der Waals surface area (Å²) in [5.41, 5.74) is 11.0. The van der Waals surface area contributed by atoms with Crippen LogP contribution in [0.25, 0.3) is 22.3 Å². The highest BCUT2D eigenvalue weighted by Crippen LogP contribution is 2.50. The molecular formula is C35H44O3. The Kier molecular flexibility index (Phi) is 7.49. The third kappa shape index (κ3) is 4.59. The fourth-order valence-electron chi connectivity index (χ4n) is 7.14. The summed E-state index contributed by atoms with van der Waals surface area (Å²) in [6.07, 6.45) is 11.8. The minimum Gasteiger partial charge on any atom is -0.507 e. The molecule has 0 unspecified atom stereocenters. The van der Waals surface area contributed by atoms with E-state index in [4.69, 9.17) is 0 Å². The number of rotatable bonds is 4. The highest BCUT2D eigenvalue weighted by molar-refractivity contribution is 5.93. The number of hydrogen-bond donors (Lipinski definition) is 3. The van der Waals surface area contributed by atoms with Crippen molar-refractivity contribution in [1.82, 2.24) is 0 Å². The van der Waals surface area contributed by atoms with E-state index in [-0.39, 0.29) is 5.75 Å². The normalized spacial score (nSPS) is 17.2. The van der Waals surface area contributed by atoms with Gasteiger partial charge in [-0.25, -0.2) is 0 Å². The molecular weight excluding hydrogens is 468 g/mol. The molecule has 0 amide bonds. The van der Waals surface area contributed by atoms with E-state index in [0.717, 1.165) is 86.9 Å². The summed E-state index contributed by atoms with van der Waals surface area (Å²) in [6, 6.07) is 8.18. The largest absolute Gasteiger partial charge is 0.507 e. The molecule has 2 aliphatic carbocycles. The first-order valence-corrected chi connectivity index (χ1v) is 14.7. The van der Waals surface area contributed by atoms with Crippen molar-refractivity contribution in [3.63, 3.8) is 0 Å². The average molecular weight is 513 g/mol. The second kappa shape index (κ2) is 10.7. The molecule has 0 bridgehead atoms. The lowest BCUT2D eigenvalue weighted by Crippen LogP contribution is -2.08. The predicted molar refractivity (Wildman–Crippen MR) is 158 cm³/mol. The van der Waals surface area contributed by atoms with Gasteiger partial charge < -0.3 is 15.3 Å². The van der Waals surface area contributed by atoms with Gasteiger partial charge in [0.05, 0.1) is 0 Å². The Morgan fingerprint density at radius 1 is 0.526 bits per heavy atom. The van der Waals surface area contributed by atoms with Crippen LogP contribution in [0, 0.1) is 34.6 Å². The summed E-state index contributed by atoms with van der Waals surface area (Å²) in [7, 11) is 0. The molecule has 0 saturated heterocycles. The highest BCUT2D eigenvalue weighted by atomic mass is 16.3. The van der Waals surface area contributed by atoms with Gasteiger partial charge in [0.1, 0.15) is 17.2 Å². The first-order valence-electron chi connectivity index (χ1n) is 14.7. The van der Waals surface area contributed by atoms with Crippen molar-refractivity contribution in [2.75, 3.05) is 0 Å². The molecule has 3 aromatic rings. The van der Waals surface area contributed by atoms with Crippen LogP contribution < -0.4 is 0 Å². The number of phenolic OH excluding ortho intramolecular Hbond substituents is 3. The molecule has 5 rings (SSSR count). The van der Waals surface area contributed by atoms with Crippen LogP contribution in [0.3, 0.4) is 0 Å². The zero-order chi connectivity index (χ0) is 27.1. The molecule has 0 heterocycles. The van der Waals surface area contributed by atoms with Crippen LogP contribution in [0.5, 0.6) is 17.2 Å². The minimum absolute atomic E-state index is 0.262. The lowest BCUT2D eigenvalue weighted by molar-refractivity contribution is 0.412. The van der Waals surface area contributed by atoms with Crippen molar-refractivity contribution in [2.45, 2.75) is 111 Å². The zero-order valence-electron chi connectivity index (χ0n) is 23.9. The van der Waals surface area contributed by atoms with Crippen molar-refractivity contribution in [3.05, 3.63) is 63.2 Å². The Balaban J connectivity index is 1.76. The Labute approximate surface area is 228 Å². The van der Waals surface area contributed by atoms with Gasteiger partial charge in [0.25, 0.3) is 0 Å². The summed E-state index contributed by atoms with van der Waals surface area (Å²) in [5, 5.41) is 33.9. The molecule has 38 heavy (non-hydrogen) atoms. The summed E-state index contributed by atoms with van der Waals surface area (Å²) < 4.78 is 0. The maximum atomic E-state index is 11.4. The van der Waals surface area contributed by atoms with E-state index in [0.29, 0.717) is 23.3 Å². The molecule has 3 N–H and O–H groups in total. The minimum atomic E-state index is 0.262. The quantitative estimate of drug-likeness (QED) is 0.326. The molecule has 0 spiro atoms. The third-order valence-corrected chi connectivity index (χ3v) is 9.81. The monoisotopic (exact) mass is 512 g/mol. The standard InChI is InChI=1S/C35H44O3/c1-20-16-17-31(36)33(28-19-30(26-14-10-7-11-15-26)35(38)24(5)22(28)3)32(20)27-18-29(25-12-8-6-9-13-25)34(37)23(4)21(27)2/h16-19,25-26,36-38H,6-15H2,1-5H3. The Hall–Kier alpha value is -2.94. The topological polar surface area (TPSA) is 60.7 Å². The van der Waals surface area contributed by atoms with E-state index in [1.807, 2.05) is 19.9 Å². The summed E-state index contributed by atoms with van der Waals surface area (Å²) in [4.78, 5) is 0. The first kappa shape index (κ1) is 26.7. The Morgan fingerprint density at radius 3 is 1.39 bits per heavy atom. The van der Waals surface area contributed by atoms with Crippen molar-refractivity contribution in [1.29, 1.82) is 0 Å². The molecule has 2 aliphatic rings. The van der Waals surface area contributed by atoms with Crippen LogP contribution in [-0.2, 0) is 0 Å². The molecule has 2 saturated carbocycles. The molecule has 202 valence electrons. The highest BCUT2D eigenvalue weighted by Gasteiger charge is 2.27. The fraction of sp³-hybridized carbons (Fsp3) is 0.486. The summed E-state index contributed by atoms with van der Waals surface area (Å²) in [5.74, 6) is 1.85. The van der Waals surface area contributed by atoms with E-state index < -0.39 is 0 Å².